The van der Waals surface area contributed by atoms with Crippen LogP contribution in [-0.2, 0) is 16.0 Å². The summed E-state index contributed by atoms with van der Waals surface area (Å²) in [5, 5.41) is 2.86. The van der Waals surface area contributed by atoms with Gasteiger partial charge in [-0.3, -0.25) is 9.59 Å². The highest BCUT2D eigenvalue weighted by atomic mass is 19.2. The lowest BCUT2D eigenvalue weighted by atomic mass is 9.86. The van der Waals surface area contributed by atoms with Crippen molar-refractivity contribution in [1.82, 2.24) is 10.2 Å². The molecule has 1 heterocycles. The zero-order valence-corrected chi connectivity index (χ0v) is 15.7. The molecule has 3 N–H and O–H groups in total. The molecule has 5 nitrogen and oxygen atoms in total. The first-order chi connectivity index (χ1) is 13.3. The van der Waals surface area contributed by atoms with Gasteiger partial charge in [-0.25, -0.2) is 13.2 Å². The van der Waals surface area contributed by atoms with Crippen LogP contribution in [0, 0.1) is 23.4 Å². The van der Waals surface area contributed by atoms with Crippen molar-refractivity contribution in [2.45, 2.75) is 57.0 Å². The van der Waals surface area contributed by atoms with E-state index < -0.39 is 23.5 Å². The van der Waals surface area contributed by atoms with Gasteiger partial charge >= 0.3 is 0 Å². The fourth-order valence-electron chi connectivity index (χ4n) is 3.62. The van der Waals surface area contributed by atoms with Crippen molar-refractivity contribution in [3.05, 3.63) is 35.1 Å². The first kappa shape index (κ1) is 20.6. The minimum absolute atomic E-state index is 0.0513. The van der Waals surface area contributed by atoms with Crippen molar-refractivity contribution >= 4 is 11.8 Å². The Kier molecular flexibility index (Phi) is 6.59. The molecule has 28 heavy (non-hydrogen) atoms. The Bertz CT molecular complexity index is 732. The smallest absolute Gasteiger partial charge is 0.223 e. The van der Waals surface area contributed by atoms with Crippen LogP contribution in [-0.4, -0.2) is 41.9 Å². The van der Waals surface area contributed by atoms with Gasteiger partial charge in [-0.05, 0) is 49.7 Å². The second-order valence-electron chi connectivity index (χ2n) is 7.79. The minimum atomic E-state index is -1.22. The summed E-state index contributed by atoms with van der Waals surface area (Å²) in [6, 6.07) is 1.29. The molecular formula is C20H26F3N3O2. The molecule has 1 saturated heterocycles. The van der Waals surface area contributed by atoms with Gasteiger partial charge in [0.05, 0.1) is 0 Å². The monoisotopic (exact) mass is 397 g/mol. The van der Waals surface area contributed by atoms with Gasteiger partial charge in [0.1, 0.15) is 5.82 Å². The molecule has 1 aromatic carbocycles. The second kappa shape index (κ2) is 8.94. The maximum absolute atomic E-state index is 13.8. The van der Waals surface area contributed by atoms with Crippen LogP contribution in [0.3, 0.4) is 0 Å². The largest absolute Gasteiger partial charge is 0.353 e. The standard InChI is InChI=1S/C20H26F3N3O2/c21-15-11-17(23)16(22)9-13(15)10-18(24)12-5-7-26(8-6-12)20(28)4-3-19(27)25-14-1-2-14/h9,11-12,14,18H,1-8,10,24H2,(H,25,27). The Morgan fingerprint density at radius 2 is 1.68 bits per heavy atom. The molecule has 0 bridgehead atoms. The average Bonchev–Trinajstić information content (AvgIpc) is 3.48. The molecule has 154 valence electrons. The van der Waals surface area contributed by atoms with E-state index in [0.29, 0.717) is 38.0 Å². The lowest BCUT2D eigenvalue weighted by Crippen LogP contribution is -2.44. The van der Waals surface area contributed by atoms with Crippen molar-refractivity contribution < 1.29 is 22.8 Å². The normalized spacial score (nSPS) is 18.8. The van der Waals surface area contributed by atoms with Gasteiger partial charge in [-0.15, -0.1) is 0 Å². The highest BCUT2D eigenvalue weighted by Crippen LogP contribution is 2.24. The lowest BCUT2D eigenvalue weighted by Gasteiger charge is -2.35. The third kappa shape index (κ3) is 5.47. The number of rotatable bonds is 7. The zero-order chi connectivity index (χ0) is 20.3. The Labute approximate surface area is 162 Å². The lowest BCUT2D eigenvalue weighted by molar-refractivity contribution is -0.134. The average molecular weight is 397 g/mol. The van der Waals surface area contributed by atoms with Gasteiger partial charge in [0.15, 0.2) is 11.6 Å². The SMILES string of the molecule is NC(Cc1cc(F)c(F)cc1F)C1CCN(C(=O)CCC(=O)NC2CC2)CC1. The number of likely N-dealkylation sites (tertiary alicyclic amines) is 1. The third-order valence-corrected chi connectivity index (χ3v) is 5.55. The number of benzene rings is 1. The molecule has 1 aliphatic heterocycles. The van der Waals surface area contributed by atoms with Crippen LogP contribution in [0.25, 0.3) is 0 Å². The predicted octanol–water partition coefficient (Wildman–Crippen LogP) is 2.27. The van der Waals surface area contributed by atoms with Crippen LogP contribution in [0.1, 0.15) is 44.1 Å². The minimum Gasteiger partial charge on any atom is -0.353 e. The molecule has 2 amide bonds. The second-order valence-corrected chi connectivity index (χ2v) is 7.79. The molecule has 3 rings (SSSR count). The Morgan fingerprint density at radius 3 is 2.32 bits per heavy atom. The van der Waals surface area contributed by atoms with Crippen LogP contribution >= 0.6 is 0 Å². The van der Waals surface area contributed by atoms with Gasteiger partial charge in [-0.1, -0.05) is 0 Å². The Morgan fingerprint density at radius 1 is 1.04 bits per heavy atom. The summed E-state index contributed by atoms with van der Waals surface area (Å²) >= 11 is 0. The van der Waals surface area contributed by atoms with Crippen molar-refractivity contribution in [1.29, 1.82) is 0 Å². The highest BCUT2D eigenvalue weighted by Gasteiger charge is 2.28. The van der Waals surface area contributed by atoms with Crippen LogP contribution < -0.4 is 11.1 Å². The number of hydrogen-bond donors (Lipinski definition) is 2. The molecule has 1 aliphatic carbocycles. The van der Waals surface area contributed by atoms with Gasteiger partial charge in [-0.2, -0.15) is 0 Å². The van der Waals surface area contributed by atoms with Gasteiger partial charge < -0.3 is 16.0 Å². The van der Waals surface area contributed by atoms with E-state index in [1.165, 1.54) is 0 Å². The van der Waals surface area contributed by atoms with Crippen LogP contribution in [0.15, 0.2) is 12.1 Å². The summed E-state index contributed by atoms with van der Waals surface area (Å²) in [5.74, 6) is -3.17. The summed E-state index contributed by atoms with van der Waals surface area (Å²) in [7, 11) is 0. The van der Waals surface area contributed by atoms with Gasteiger partial charge in [0.25, 0.3) is 0 Å². The molecule has 2 aliphatic rings. The molecule has 0 radical (unpaired) electrons. The molecule has 0 spiro atoms. The number of nitrogens with two attached hydrogens (primary N) is 1. The summed E-state index contributed by atoms with van der Waals surface area (Å²) < 4.78 is 40.2. The van der Waals surface area contributed by atoms with Crippen LogP contribution in [0.4, 0.5) is 13.2 Å². The van der Waals surface area contributed by atoms with E-state index in [1.807, 2.05) is 0 Å². The van der Waals surface area contributed by atoms with E-state index in [0.717, 1.165) is 18.9 Å². The molecule has 1 aromatic rings. The van der Waals surface area contributed by atoms with Crippen molar-refractivity contribution in [3.8, 4) is 0 Å². The third-order valence-electron chi connectivity index (χ3n) is 5.55. The first-order valence-electron chi connectivity index (χ1n) is 9.79. The van der Waals surface area contributed by atoms with Crippen molar-refractivity contribution in [2.75, 3.05) is 13.1 Å². The summed E-state index contributed by atoms with van der Waals surface area (Å²) in [4.78, 5) is 25.7. The topological polar surface area (TPSA) is 75.4 Å². The molecule has 2 fully saturated rings. The van der Waals surface area contributed by atoms with Crippen LogP contribution in [0.5, 0.6) is 0 Å². The van der Waals surface area contributed by atoms with Gasteiger partial charge in [0, 0.05) is 44.1 Å². The molecular weight excluding hydrogens is 371 g/mol. The van der Waals surface area contributed by atoms with E-state index in [1.54, 1.807) is 4.90 Å². The predicted molar refractivity (Wildman–Crippen MR) is 97.7 cm³/mol. The zero-order valence-electron chi connectivity index (χ0n) is 15.7. The number of carbonyl (C=O) groups excluding carboxylic acids is 2. The van der Waals surface area contributed by atoms with E-state index in [4.69, 9.17) is 5.73 Å². The maximum atomic E-state index is 13.8. The number of hydrogen-bond acceptors (Lipinski definition) is 3. The molecule has 0 aromatic heterocycles. The van der Waals surface area contributed by atoms with Crippen molar-refractivity contribution in [3.63, 3.8) is 0 Å². The van der Waals surface area contributed by atoms with E-state index in [-0.39, 0.29) is 42.6 Å². The van der Waals surface area contributed by atoms with E-state index >= 15 is 0 Å². The van der Waals surface area contributed by atoms with E-state index in [2.05, 4.69) is 5.32 Å². The molecule has 1 unspecified atom stereocenters. The van der Waals surface area contributed by atoms with Gasteiger partial charge in [0.2, 0.25) is 11.8 Å². The van der Waals surface area contributed by atoms with Crippen LogP contribution in [0.2, 0.25) is 0 Å². The number of piperidine rings is 1. The Balaban J connectivity index is 1.43. The quantitative estimate of drug-likeness (QED) is 0.693. The first-order valence-corrected chi connectivity index (χ1v) is 9.79. The molecule has 1 saturated carbocycles. The summed E-state index contributed by atoms with van der Waals surface area (Å²) in [6.45, 7) is 1.06. The molecule has 8 heteroatoms. The maximum Gasteiger partial charge on any atom is 0.223 e. The highest BCUT2D eigenvalue weighted by molar-refractivity contribution is 5.84. The number of nitrogens with one attached hydrogen (secondary N) is 1. The summed E-state index contributed by atoms with van der Waals surface area (Å²) in [6.07, 6.45) is 3.85. The fourth-order valence-corrected chi connectivity index (χ4v) is 3.62. The van der Waals surface area contributed by atoms with Crippen molar-refractivity contribution in [2.24, 2.45) is 11.7 Å². The number of halogens is 3. The van der Waals surface area contributed by atoms with E-state index in [9.17, 15) is 22.8 Å². The number of amides is 2. The Hall–Kier alpha value is -2.09. The number of nitrogens with zero attached hydrogens (tertiary/aromatic N) is 1. The number of carbonyl (C=O) groups is 2. The molecule has 1 atom stereocenters. The fraction of sp³-hybridized carbons (Fsp3) is 0.600. The summed E-state index contributed by atoms with van der Waals surface area (Å²) in [5.41, 5.74) is 6.23.